The van der Waals surface area contributed by atoms with Crippen LogP contribution in [-0.2, 0) is 6.54 Å². The number of aryl methyl sites for hydroxylation is 1. The van der Waals surface area contributed by atoms with Crippen LogP contribution >= 0.6 is 0 Å². The molecular formula is C26H29N. The number of allylic oxidation sites excluding steroid dienone is 1. The van der Waals surface area contributed by atoms with E-state index < -0.39 is 0 Å². The van der Waals surface area contributed by atoms with E-state index in [1.54, 1.807) is 0 Å². The Morgan fingerprint density at radius 3 is 1.78 bits per heavy atom. The van der Waals surface area contributed by atoms with Gasteiger partial charge in [-0.05, 0) is 60.8 Å². The van der Waals surface area contributed by atoms with Gasteiger partial charge in [0.05, 0.1) is 0 Å². The van der Waals surface area contributed by atoms with Crippen molar-refractivity contribution in [3.8, 4) is 0 Å². The molecule has 0 aliphatic heterocycles. The summed E-state index contributed by atoms with van der Waals surface area (Å²) >= 11 is 0. The van der Waals surface area contributed by atoms with Crippen LogP contribution in [0.5, 0.6) is 0 Å². The van der Waals surface area contributed by atoms with E-state index in [1.807, 2.05) is 0 Å². The number of hydrogen-bond donors (Lipinski definition) is 0. The number of hydrogen-bond acceptors (Lipinski definition) is 1. The van der Waals surface area contributed by atoms with Gasteiger partial charge in [0, 0.05) is 6.54 Å². The highest BCUT2D eigenvalue weighted by Gasteiger charge is 2.13. The Kier molecular flexibility index (Phi) is 6.26. The molecule has 27 heavy (non-hydrogen) atoms. The summed E-state index contributed by atoms with van der Waals surface area (Å²) in [6, 6.07) is 28.7. The van der Waals surface area contributed by atoms with Gasteiger partial charge in [-0.25, -0.2) is 0 Å². The van der Waals surface area contributed by atoms with Crippen LogP contribution in [0, 0.1) is 6.92 Å². The first-order valence-electron chi connectivity index (χ1n) is 9.68. The van der Waals surface area contributed by atoms with Crippen LogP contribution in [0.25, 0.3) is 11.1 Å². The Morgan fingerprint density at radius 1 is 0.704 bits per heavy atom. The van der Waals surface area contributed by atoms with Crippen LogP contribution in [0.3, 0.4) is 0 Å². The molecule has 3 aromatic rings. The molecule has 0 aliphatic carbocycles. The number of nitrogens with zero attached hydrogens (tertiary/aromatic N) is 1. The molecule has 1 nitrogen and oxygen atoms in total. The minimum atomic E-state index is 0.961. The molecule has 0 atom stereocenters. The molecule has 1 heteroatoms. The average Bonchev–Trinajstić information content (AvgIpc) is 2.68. The Labute approximate surface area is 164 Å². The van der Waals surface area contributed by atoms with Gasteiger partial charge in [0.2, 0.25) is 0 Å². The molecule has 0 fully saturated rings. The second-order valence-corrected chi connectivity index (χ2v) is 7.37. The Hall–Kier alpha value is -2.64. The predicted molar refractivity (Wildman–Crippen MR) is 118 cm³/mol. The minimum absolute atomic E-state index is 0.961. The topological polar surface area (TPSA) is 3.24 Å². The van der Waals surface area contributed by atoms with Crippen LogP contribution in [0.2, 0.25) is 0 Å². The van der Waals surface area contributed by atoms with Crippen LogP contribution in [-0.4, -0.2) is 19.0 Å². The molecule has 0 radical (unpaired) electrons. The normalized spacial score (nSPS) is 12.2. The van der Waals surface area contributed by atoms with Gasteiger partial charge in [-0.1, -0.05) is 91.3 Å². The van der Waals surface area contributed by atoms with Crippen molar-refractivity contribution in [2.24, 2.45) is 0 Å². The first-order valence-corrected chi connectivity index (χ1v) is 9.68. The Morgan fingerprint density at radius 2 is 1.26 bits per heavy atom. The maximum Gasteiger partial charge on any atom is 0.0227 e. The molecule has 0 aliphatic rings. The molecule has 0 N–H and O–H groups in total. The van der Waals surface area contributed by atoms with Crippen molar-refractivity contribution >= 4 is 11.1 Å². The molecule has 0 amide bonds. The predicted octanol–water partition coefficient (Wildman–Crippen LogP) is 6.43. The second kappa shape index (κ2) is 8.83. The Balaban J connectivity index is 2.15. The second-order valence-electron chi connectivity index (χ2n) is 7.37. The lowest BCUT2D eigenvalue weighted by Crippen LogP contribution is -2.10. The monoisotopic (exact) mass is 355 g/mol. The third-order valence-corrected chi connectivity index (χ3v) is 4.86. The largest absolute Gasteiger partial charge is 0.305 e. The highest BCUT2D eigenvalue weighted by molar-refractivity contribution is 5.98. The fraction of sp³-hybridized carbons (Fsp3) is 0.231. The van der Waals surface area contributed by atoms with Crippen molar-refractivity contribution in [2.75, 3.05) is 14.1 Å². The van der Waals surface area contributed by atoms with Crippen molar-refractivity contribution in [1.29, 1.82) is 0 Å². The van der Waals surface area contributed by atoms with E-state index in [1.165, 1.54) is 39.0 Å². The van der Waals surface area contributed by atoms with E-state index in [2.05, 4.69) is 112 Å². The molecule has 0 saturated carbocycles. The lowest BCUT2D eigenvalue weighted by atomic mass is 9.87. The van der Waals surface area contributed by atoms with E-state index in [4.69, 9.17) is 0 Å². The van der Waals surface area contributed by atoms with Crippen molar-refractivity contribution < 1.29 is 0 Å². The minimum Gasteiger partial charge on any atom is -0.305 e. The van der Waals surface area contributed by atoms with E-state index >= 15 is 0 Å². The maximum absolute atomic E-state index is 2.27. The summed E-state index contributed by atoms with van der Waals surface area (Å²) in [7, 11) is 4.21. The molecule has 0 aromatic heterocycles. The van der Waals surface area contributed by atoms with Crippen LogP contribution in [0.1, 0.15) is 41.2 Å². The first kappa shape index (κ1) is 19.1. The quantitative estimate of drug-likeness (QED) is 0.461. The zero-order valence-electron chi connectivity index (χ0n) is 16.9. The summed E-state index contributed by atoms with van der Waals surface area (Å²) in [6.07, 6.45) is 0.993. The summed E-state index contributed by atoms with van der Waals surface area (Å²) in [5.41, 5.74) is 9.21. The maximum atomic E-state index is 2.27. The first-order chi connectivity index (χ1) is 13.1. The van der Waals surface area contributed by atoms with Gasteiger partial charge in [-0.2, -0.15) is 0 Å². The fourth-order valence-corrected chi connectivity index (χ4v) is 3.54. The van der Waals surface area contributed by atoms with E-state index in [9.17, 15) is 0 Å². The van der Waals surface area contributed by atoms with Gasteiger partial charge >= 0.3 is 0 Å². The van der Waals surface area contributed by atoms with Crippen molar-refractivity contribution in [3.63, 3.8) is 0 Å². The SMILES string of the molecule is CC/C(=C(\c1ccc(C)cc1)c1ccc(CN(C)C)cc1)c1ccccc1. The third-order valence-electron chi connectivity index (χ3n) is 4.86. The number of benzene rings is 3. The lowest BCUT2D eigenvalue weighted by Gasteiger charge is -2.17. The molecule has 138 valence electrons. The summed E-state index contributed by atoms with van der Waals surface area (Å²) in [5.74, 6) is 0. The highest BCUT2D eigenvalue weighted by Crippen LogP contribution is 2.34. The zero-order chi connectivity index (χ0) is 19.2. The summed E-state index contributed by atoms with van der Waals surface area (Å²) in [6.45, 7) is 5.35. The van der Waals surface area contributed by atoms with Crippen molar-refractivity contribution in [3.05, 3.63) is 107 Å². The molecule has 0 spiro atoms. The molecule has 0 unspecified atom stereocenters. The summed E-state index contributed by atoms with van der Waals surface area (Å²) in [4.78, 5) is 2.20. The van der Waals surface area contributed by atoms with E-state index in [-0.39, 0.29) is 0 Å². The van der Waals surface area contributed by atoms with Crippen LogP contribution in [0.15, 0.2) is 78.9 Å². The molecule has 3 rings (SSSR count). The smallest absolute Gasteiger partial charge is 0.0227 e. The summed E-state index contributed by atoms with van der Waals surface area (Å²) in [5, 5.41) is 0. The van der Waals surface area contributed by atoms with Gasteiger partial charge in [-0.15, -0.1) is 0 Å². The van der Waals surface area contributed by atoms with Crippen LogP contribution in [0.4, 0.5) is 0 Å². The molecule has 0 heterocycles. The third kappa shape index (κ3) is 4.75. The molecule has 3 aromatic carbocycles. The molecule has 0 saturated heterocycles. The van der Waals surface area contributed by atoms with E-state index in [0.29, 0.717) is 0 Å². The fourth-order valence-electron chi connectivity index (χ4n) is 3.54. The average molecular weight is 356 g/mol. The van der Waals surface area contributed by atoms with Gasteiger partial charge in [-0.3, -0.25) is 0 Å². The highest BCUT2D eigenvalue weighted by atomic mass is 15.0. The van der Waals surface area contributed by atoms with Gasteiger partial charge in [0.15, 0.2) is 0 Å². The lowest BCUT2D eigenvalue weighted by molar-refractivity contribution is 0.402. The molecule has 0 bridgehead atoms. The standard InChI is InChI=1S/C26H29N/c1-5-25(22-9-7-6-8-10-22)26(23-15-11-20(2)12-16-23)24-17-13-21(14-18-24)19-27(3)4/h6-18H,5,19H2,1-4H3/b26-25-. The van der Waals surface area contributed by atoms with Crippen LogP contribution < -0.4 is 0 Å². The van der Waals surface area contributed by atoms with Crippen molar-refractivity contribution in [2.45, 2.75) is 26.8 Å². The summed E-state index contributed by atoms with van der Waals surface area (Å²) < 4.78 is 0. The van der Waals surface area contributed by atoms with Gasteiger partial charge in [0.1, 0.15) is 0 Å². The zero-order valence-corrected chi connectivity index (χ0v) is 16.9. The van der Waals surface area contributed by atoms with Gasteiger partial charge in [0.25, 0.3) is 0 Å². The van der Waals surface area contributed by atoms with E-state index in [0.717, 1.165) is 13.0 Å². The molecular weight excluding hydrogens is 326 g/mol. The Bertz CT molecular complexity index is 885. The van der Waals surface area contributed by atoms with Gasteiger partial charge < -0.3 is 4.90 Å². The number of rotatable bonds is 6. The van der Waals surface area contributed by atoms with Crippen molar-refractivity contribution in [1.82, 2.24) is 4.90 Å².